The molecule has 2 aliphatic rings. The van der Waals surface area contributed by atoms with E-state index in [0.29, 0.717) is 31.6 Å². The normalized spacial score (nSPS) is 19.1. The van der Waals surface area contributed by atoms with Crippen LogP contribution in [0.2, 0.25) is 0 Å². The third-order valence-electron chi connectivity index (χ3n) is 6.99. The number of rotatable bonds is 7. The summed E-state index contributed by atoms with van der Waals surface area (Å²) in [6, 6.07) is 14.2. The summed E-state index contributed by atoms with van der Waals surface area (Å²) in [5.74, 6) is 0.758. The molecule has 1 N–H and O–H groups in total. The van der Waals surface area contributed by atoms with Crippen molar-refractivity contribution < 1.29 is 14.3 Å². The number of carbonyl (C=O) groups is 2. The summed E-state index contributed by atoms with van der Waals surface area (Å²) in [7, 11) is 0. The van der Waals surface area contributed by atoms with E-state index in [-0.39, 0.29) is 17.7 Å². The minimum Gasteiger partial charge on any atom is -0.379 e. The van der Waals surface area contributed by atoms with Gasteiger partial charge in [-0.25, -0.2) is 0 Å². The summed E-state index contributed by atoms with van der Waals surface area (Å²) < 4.78 is 5.50. The molecule has 6 heteroatoms. The Bertz CT molecular complexity index is 941. The Labute approximate surface area is 197 Å². The Kier molecular flexibility index (Phi) is 7.99. The topological polar surface area (TPSA) is 61.9 Å². The van der Waals surface area contributed by atoms with Crippen molar-refractivity contribution >= 4 is 22.6 Å². The summed E-state index contributed by atoms with van der Waals surface area (Å²) in [6.07, 6.45) is 2.50. The average Bonchev–Trinajstić information content (AvgIpc) is 2.86. The standard InChI is InChI=1S/C27H37N3O3/c1-20(2)18-23(29-14-16-33-17-15-29)19-28-26(31)22-10-12-30(13-11-22)27(32)25-9-5-7-21-6-3-4-8-24(21)25/h3-9,20,22-23H,10-19H2,1-2H3,(H,28,31). The van der Waals surface area contributed by atoms with Crippen molar-refractivity contribution in [3.8, 4) is 0 Å². The fraction of sp³-hybridized carbons (Fsp3) is 0.556. The van der Waals surface area contributed by atoms with E-state index in [1.165, 1.54) is 0 Å². The number of piperidine rings is 1. The molecule has 2 aromatic rings. The van der Waals surface area contributed by atoms with Crippen molar-refractivity contribution in [1.82, 2.24) is 15.1 Å². The molecule has 0 saturated carbocycles. The van der Waals surface area contributed by atoms with Crippen LogP contribution in [0, 0.1) is 11.8 Å². The molecule has 33 heavy (non-hydrogen) atoms. The van der Waals surface area contributed by atoms with E-state index in [4.69, 9.17) is 4.74 Å². The number of benzene rings is 2. The second-order valence-corrected chi connectivity index (χ2v) is 9.77. The fourth-order valence-corrected chi connectivity index (χ4v) is 5.14. The molecule has 2 aromatic carbocycles. The summed E-state index contributed by atoms with van der Waals surface area (Å²) in [4.78, 5) is 30.5. The summed E-state index contributed by atoms with van der Waals surface area (Å²) in [6.45, 7) is 9.81. The molecular formula is C27H37N3O3. The highest BCUT2D eigenvalue weighted by atomic mass is 16.5. The van der Waals surface area contributed by atoms with E-state index in [1.54, 1.807) is 0 Å². The van der Waals surface area contributed by atoms with E-state index in [2.05, 4.69) is 24.1 Å². The first-order chi connectivity index (χ1) is 16.0. The number of morpholine rings is 1. The lowest BCUT2D eigenvalue weighted by Crippen LogP contribution is -2.50. The minimum absolute atomic E-state index is 0.0223. The maximum Gasteiger partial charge on any atom is 0.254 e. The van der Waals surface area contributed by atoms with Crippen LogP contribution in [-0.2, 0) is 9.53 Å². The van der Waals surface area contributed by atoms with Crippen molar-refractivity contribution in [3.63, 3.8) is 0 Å². The first-order valence-electron chi connectivity index (χ1n) is 12.4. The van der Waals surface area contributed by atoms with Gasteiger partial charge in [0.2, 0.25) is 5.91 Å². The quantitative estimate of drug-likeness (QED) is 0.699. The van der Waals surface area contributed by atoms with Crippen LogP contribution >= 0.6 is 0 Å². The van der Waals surface area contributed by atoms with Gasteiger partial charge in [0, 0.05) is 50.2 Å². The first-order valence-corrected chi connectivity index (χ1v) is 12.4. The van der Waals surface area contributed by atoms with Crippen LogP contribution in [0.3, 0.4) is 0 Å². The van der Waals surface area contributed by atoms with Gasteiger partial charge in [0.1, 0.15) is 0 Å². The molecule has 1 unspecified atom stereocenters. The number of hydrogen-bond acceptors (Lipinski definition) is 4. The predicted molar refractivity (Wildman–Crippen MR) is 131 cm³/mol. The molecule has 6 nitrogen and oxygen atoms in total. The molecule has 2 aliphatic heterocycles. The van der Waals surface area contributed by atoms with E-state index >= 15 is 0 Å². The van der Waals surface area contributed by atoms with Gasteiger partial charge in [0.15, 0.2) is 0 Å². The van der Waals surface area contributed by atoms with E-state index < -0.39 is 0 Å². The number of nitrogens with zero attached hydrogens (tertiary/aromatic N) is 2. The van der Waals surface area contributed by atoms with Gasteiger partial charge in [-0.3, -0.25) is 14.5 Å². The average molecular weight is 452 g/mol. The van der Waals surface area contributed by atoms with Crippen LogP contribution in [0.5, 0.6) is 0 Å². The Morgan fingerprint density at radius 2 is 1.70 bits per heavy atom. The largest absolute Gasteiger partial charge is 0.379 e. The van der Waals surface area contributed by atoms with Gasteiger partial charge >= 0.3 is 0 Å². The third kappa shape index (κ3) is 5.92. The van der Waals surface area contributed by atoms with Gasteiger partial charge in [-0.15, -0.1) is 0 Å². The molecule has 2 heterocycles. The fourth-order valence-electron chi connectivity index (χ4n) is 5.14. The zero-order chi connectivity index (χ0) is 23.2. The number of likely N-dealkylation sites (tertiary alicyclic amines) is 1. The van der Waals surface area contributed by atoms with Crippen LogP contribution in [-0.4, -0.2) is 73.6 Å². The number of carbonyl (C=O) groups excluding carboxylic acids is 2. The Hall–Kier alpha value is -2.44. The number of amides is 2. The summed E-state index contributed by atoms with van der Waals surface area (Å²) in [5, 5.41) is 5.30. The van der Waals surface area contributed by atoms with Crippen LogP contribution < -0.4 is 5.32 Å². The maximum atomic E-state index is 13.2. The first kappa shape index (κ1) is 23.7. The van der Waals surface area contributed by atoms with E-state index in [1.807, 2.05) is 47.4 Å². The molecular weight excluding hydrogens is 414 g/mol. The SMILES string of the molecule is CC(C)CC(CNC(=O)C1CCN(C(=O)c2cccc3ccccc23)CC1)N1CCOCC1. The Morgan fingerprint density at radius 1 is 1.00 bits per heavy atom. The maximum absolute atomic E-state index is 13.2. The zero-order valence-corrected chi connectivity index (χ0v) is 20.0. The summed E-state index contributed by atoms with van der Waals surface area (Å²) >= 11 is 0. The third-order valence-corrected chi connectivity index (χ3v) is 6.99. The number of nitrogens with one attached hydrogen (secondary N) is 1. The number of fused-ring (bicyclic) bond motifs is 1. The van der Waals surface area contributed by atoms with E-state index in [9.17, 15) is 9.59 Å². The summed E-state index contributed by atoms with van der Waals surface area (Å²) in [5.41, 5.74) is 0.748. The minimum atomic E-state index is -0.0223. The van der Waals surface area contributed by atoms with Crippen LogP contribution in [0.25, 0.3) is 10.8 Å². The molecule has 4 rings (SSSR count). The van der Waals surface area contributed by atoms with Crippen molar-refractivity contribution in [2.75, 3.05) is 45.9 Å². The molecule has 0 bridgehead atoms. The van der Waals surface area contributed by atoms with Crippen LogP contribution in [0.4, 0.5) is 0 Å². The molecule has 0 aliphatic carbocycles. The highest BCUT2D eigenvalue weighted by Gasteiger charge is 2.29. The molecule has 1 atom stereocenters. The molecule has 2 fully saturated rings. The van der Waals surface area contributed by atoms with Crippen molar-refractivity contribution in [2.45, 2.75) is 39.2 Å². The lowest BCUT2D eigenvalue weighted by atomic mass is 9.94. The number of hydrogen-bond donors (Lipinski definition) is 1. The van der Waals surface area contributed by atoms with Crippen LogP contribution in [0.15, 0.2) is 42.5 Å². The molecule has 2 amide bonds. The molecule has 0 radical (unpaired) electrons. The van der Waals surface area contributed by atoms with Crippen molar-refractivity contribution in [1.29, 1.82) is 0 Å². The molecule has 178 valence electrons. The zero-order valence-electron chi connectivity index (χ0n) is 20.0. The Balaban J connectivity index is 1.30. The second-order valence-electron chi connectivity index (χ2n) is 9.77. The van der Waals surface area contributed by atoms with Gasteiger partial charge in [0.05, 0.1) is 13.2 Å². The lowest BCUT2D eigenvalue weighted by molar-refractivity contribution is -0.126. The smallest absolute Gasteiger partial charge is 0.254 e. The highest BCUT2D eigenvalue weighted by molar-refractivity contribution is 6.07. The monoisotopic (exact) mass is 451 g/mol. The predicted octanol–water partition coefficient (Wildman–Crippen LogP) is 3.56. The second kappa shape index (κ2) is 11.1. The highest BCUT2D eigenvalue weighted by Crippen LogP contribution is 2.24. The van der Waals surface area contributed by atoms with Crippen molar-refractivity contribution in [3.05, 3.63) is 48.0 Å². The molecule has 0 aromatic heterocycles. The Morgan fingerprint density at radius 3 is 2.42 bits per heavy atom. The van der Waals surface area contributed by atoms with E-state index in [0.717, 1.165) is 61.9 Å². The van der Waals surface area contributed by atoms with Gasteiger partial charge < -0.3 is 15.0 Å². The lowest BCUT2D eigenvalue weighted by Gasteiger charge is -2.36. The van der Waals surface area contributed by atoms with Gasteiger partial charge in [-0.1, -0.05) is 50.2 Å². The van der Waals surface area contributed by atoms with Crippen molar-refractivity contribution in [2.24, 2.45) is 11.8 Å². The van der Waals surface area contributed by atoms with Crippen LogP contribution in [0.1, 0.15) is 43.5 Å². The number of ether oxygens (including phenoxy) is 1. The molecule has 2 saturated heterocycles. The van der Waals surface area contributed by atoms with Gasteiger partial charge in [-0.05, 0) is 42.0 Å². The van der Waals surface area contributed by atoms with Gasteiger partial charge in [-0.2, -0.15) is 0 Å². The molecule has 0 spiro atoms. The van der Waals surface area contributed by atoms with Gasteiger partial charge in [0.25, 0.3) is 5.91 Å².